The Bertz CT molecular complexity index is 857. The third-order valence-corrected chi connectivity index (χ3v) is 4.59. The van der Waals surface area contributed by atoms with Crippen molar-refractivity contribution in [2.75, 3.05) is 20.1 Å². The number of hydrogen-bond acceptors (Lipinski definition) is 4. The lowest BCUT2D eigenvalue weighted by Crippen LogP contribution is -2.38. The summed E-state index contributed by atoms with van der Waals surface area (Å²) in [6, 6.07) is 8.37. The highest BCUT2D eigenvalue weighted by molar-refractivity contribution is 5.81. The summed E-state index contributed by atoms with van der Waals surface area (Å²) >= 11 is 0. The minimum absolute atomic E-state index is 0.239. The predicted molar refractivity (Wildman–Crippen MR) is 94.3 cm³/mol. The van der Waals surface area contributed by atoms with Crippen molar-refractivity contribution in [3.63, 3.8) is 0 Å². The normalized spacial score (nSPS) is 18.8. The molecule has 0 radical (unpaired) electrons. The molecule has 0 N–H and O–H groups in total. The molecule has 5 nitrogen and oxygen atoms in total. The molecule has 1 unspecified atom stereocenters. The number of likely N-dealkylation sites (tertiary alicyclic amines) is 1. The second-order valence-corrected chi connectivity index (χ2v) is 6.58. The Morgan fingerprint density at radius 3 is 2.96 bits per heavy atom. The maximum absolute atomic E-state index is 6.39. The quantitative estimate of drug-likeness (QED) is 0.743. The second kappa shape index (κ2) is 6.24. The molecular weight excluding hydrogens is 300 g/mol. The first kappa shape index (κ1) is 15.1. The highest BCUT2D eigenvalue weighted by atomic mass is 16.5. The van der Waals surface area contributed by atoms with Crippen LogP contribution in [0.5, 0.6) is 5.75 Å². The van der Waals surface area contributed by atoms with Gasteiger partial charge in [-0.3, -0.25) is 0 Å². The van der Waals surface area contributed by atoms with Gasteiger partial charge in [0.2, 0.25) is 0 Å². The fraction of sp³-hybridized carbons (Fsp3) is 0.368. The van der Waals surface area contributed by atoms with E-state index in [1.807, 2.05) is 18.5 Å². The Hall–Kier alpha value is -2.40. The average Bonchev–Trinajstić information content (AvgIpc) is 3.05. The number of aryl methyl sites for hydroxylation is 1. The van der Waals surface area contributed by atoms with Crippen LogP contribution in [-0.4, -0.2) is 45.7 Å². The molecule has 3 aromatic rings. The van der Waals surface area contributed by atoms with Crippen molar-refractivity contribution < 1.29 is 4.74 Å². The lowest BCUT2D eigenvalue weighted by Gasteiger charge is -2.30. The van der Waals surface area contributed by atoms with Crippen molar-refractivity contribution in [2.24, 2.45) is 0 Å². The van der Waals surface area contributed by atoms with Crippen molar-refractivity contribution >= 4 is 5.65 Å². The van der Waals surface area contributed by atoms with Gasteiger partial charge in [-0.2, -0.15) is 5.10 Å². The van der Waals surface area contributed by atoms with Gasteiger partial charge >= 0.3 is 0 Å². The van der Waals surface area contributed by atoms with Crippen LogP contribution in [0.15, 0.2) is 42.9 Å². The van der Waals surface area contributed by atoms with Crippen LogP contribution in [0.4, 0.5) is 0 Å². The number of nitrogens with zero attached hydrogens (tertiary/aromatic N) is 4. The molecule has 0 aliphatic carbocycles. The Morgan fingerprint density at radius 1 is 1.17 bits per heavy atom. The molecule has 1 fully saturated rings. The SMILES string of the molecule is Cc1ccc(OC2CCCN(C)C2)c(-c2ccnn3ccnc23)c1. The third kappa shape index (κ3) is 2.87. The zero-order chi connectivity index (χ0) is 16.5. The van der Waals surface area contributed by atoms with Gasteiger partial charge in [-0.25, -0.2) is 9.50 Å². The summed E-state index contributed by atoms with van der Waals surface area (Å²) in [7, 11) is 2.16. The first-order chi connectivity index (χ1) is 11.7. The summed E-state index contributed by atoms with van der Waals surface area (Å²) in [6.45, 7) is 4.23. The number of piperidine rings is 1. The van der Waals surface area contributed by atoms with E-state index in [-0.39, 0.29) is 6.10 Å². The number of aromatic nitrogens is 3. The molecule has 0 saturated carbocycles. The molecule has 3 heterocycles. The predicted octanol–water partition coefficient (Wildman–Crippen LogP) is 3.18. The molecule has 4 rings (SSSR count). The molecule has 1 aromatic carbocycles. The summed E-state index contributed by atoms with van der Waals surface area (Å²) in [6.07, 6.45) is 7.98. The van der Waals surface area contributed by atoms with Crippen molar-refractivity contribution in [1.29, 1.82) is 0 Å². The first-order valence-corrected chi connectivity index (χ1v) is 8.45. The lowest BCUT2D eigenvalue weighted by molar-refractivity contribution is 0.105. The third-order valence-electron chi connectivity index (χ3n) is 4.59. The minimum Gasteiger partial charge on any atom is -0.488 e. The summed E-state index contributed by atoms with van der Waals surface area (Å²) < 4.78 is 8.19. The lowest BCUT2D eigenvalue weighted by atomic mass is 10.0. The van der Waals surface area contributed by atoms with E-state index >= 15 is 0 Å². The van der Waals surface area contributed by atoms with E-state index in [4.69, 9.17) is 4.74 Å². The van der Waals surface area contributed by atoms with E-state index < -0.39 is 0 Å². The number of ether oxygens (including phenoxy) is 1. The highest BCUT2D eigenvalue weighted by Gasteiger charge is 2.21. The zero-order valence-electron chi connectivity index (χ0n) is 14.1. The van der Waals surface area contributed by atoms with Gasteiger partial charge < -0.3 is 9.64 Å². The standard InChI is InChI=1S/C19H22N4O/c1-14-5-6-18(24-15-4-3-10-22(2)13-15)17(12-14)16-7-8-21-23-11-9-20-19(16)23/h5-9,11-12,15H,3-4,10,13H2,1-2H3. The van der Waals surface area contributed by atoms with E-state index in [1.54, 1.807) is 10.7 Å². The molecule has 1 aliphatic heterocycles. The summed E-state index contributed by atoms with van der Waals surface area (Å²) in [5.41, 5.74) is 4.20. The van der Waals surface area contributed by atoms with Gasteiger partial charge in [0.15, 0.2) is 5.65 Å². The van der Waals surface area contributed by atoms with Gasteiger partial charge in [0.25, 0.3) is 0 Å². The largest absolute Gasteiger partial charge is 0.488 e. The number of fused-ring (bicyclic) bond motifs is 1. The molecule has 124 valence electrons. The maximum atomic E-state index is 6.39. The van der Waals surface area contributed by atoms with E-state index in [0.717, 1.165) is 42.0 Å². The van der Waals surface area contributed by atoms with Crippen LogP contribution in [0, 0.1) is 6.92 Å². The molecule has 0 spiro atoms. The number of benzene rings is 1. The van der Waals surface area contributed by atoms with E-state index in [2.05, 4.69) is 47.2 Å². The summed E-state index contributed by atoms with van der Waals surface area (Å²) in [5.74, 6) is 0.928. The Kier molecular flexibility index (Phi) is 3.94. The monoisotopic (exact) mass is 322 g/mol. The van der Waals surface area contributed by atoms with Gasteiger partial charge in [-0.1, -0.05) is 11.6 Å². The average molecular weight is 322 g/mol. The van der Waals surface area contributed by atoms with E-state index in [9.17, 15) is 0 Å². The molecular formula is C19H22N4O. The summed E-state index contributed by atoms with van der Waals surface area (Å²) in [4.78, 5) is 6.80. The molecule has 2 aromatic heterocycles. The molecule has 1 saturated heterocycles. The van der Waals surface area contributed by atoms with Crippen LogP contribution in [-0.2, 0) is 0 Å². The minimum atomic E-state index is 0.239. The topological polar surface area (TPSA) is 42.7 Å². The van der Waals surface area contributed by atoms with Gasteiger partial charge in [-0.05, 0) is 51.6 Å². The molecule has 1 aliphatic rings. The maximum Gasteiger partial charge on any atom is 0.161 e. The number of imidazole rings is 1. The van der Waals surface area contributed by atoms with Crippen LogP contribution >= 0.6 is 0 Å². The van der Waals surface area contributed by atoms with Crippen LogP contribution in [0.1, 0.15) is 18.4 Å². The van der Waals surface area contributed by atoms with Gasteiger partial charge in [0.05, 0.1) is 0 Å². The Balaban J connectivity index is 1.75. The smallest absolute Gasteiger partial charge is 0.161 e. The Morgan fingerprint density at radius 2 is 2.08 bits per heavy atom. The van der Waals surface area contributed by atoms with Crippen molar-refractivity contribution in [1.82, 2.24) is 19.5 Å². The highest BCUT2D eigenvalue weighted by Crippen LogP contribution is 2.34. The number of likely N-dealkylation sites (N-methyl/N-ethyl adjacent to an activating group) is 1. The summed E-state index contributed by atoms with van der Waals surface area (Å²) in [5, 5.41) is 4.31. The van der Waals surface area contributed by atoms with Crippen LogP contribution in [0.2, 0.25) is 0 Å². The Labute approximate surface area is 141 Å². The van der Waals surface area contributed by atoms with Crippen LogP contribution in [0.25, 0.3) is 16.8 Å². The van der Waals surface area contributed by atoms with Crippen molar-refractivity contribution in [3.05, 3.63) is 48.4 Å². The van der Waals surface area contributed by atoms with Gasteiger partial charge in [-0.15, -0.1) is 0 Å². The molecule has 24 heavy (non-hydrogen) atoms. The van der Waals surface area contributed by atoms with Gasteiger partial charge in [0, 0.05) is 36.3 Å². The van der Waals surface area contributed by atoms with E-state index in [1.165, 1.54) is 12.0 Å². The zero-order valence-corrected chi connectivity index (χ0v) is 14.1. The van der Waals surface area contributed by atoms with Crippen LogP contribution < -0.4 is 4.74 Å². The molecule has 5 heteroatoms. The number of hydrogen-bond donors (Lipinski definition) is 0. The molecule has 1 atom stereocenters. The number of rotatable bonds is 3. The van der Waals surface area contributed by atoms with Crippen molar-refractivity contribution in [3.8, 4) is 16.9 Å². The fourth-order valence-electron chi connectivity index (χ4n) is 3.40. The fourth-order valence-corrected chi connectivity index (χ4v) is 3.40. The van der Waals surface area contributed by atoms with Crippen molar-refractivity contribution in [2.45, 2.75) is 25.9 Å². The van der Waals surface area contributed by atoms with Crippen LogP contribution in [0.3, 0.4) is 0 Å². The first-order valence-electron chi connectivity index (χ1n) is 8.45. The second-order valence-electron chi connectivity index (χ2n) is 6.58. The molecule has 0 bridgehead atoms. The van der Waals surface area contributed by atoms with E-state index in [0.29, 0.717) is 0 Å². The van der Waals surface area contributed by atoms with Gasteiger partial charge in [0.1, 0.15) is 11.9 Å². The molecule has 0 amide bonds.